The van der Waals surface area contributed by atoms with Crippen molar-refractivity contribution < 1.29 is 18.3 Å². The van der Waals surface area contributed by atoms with Gasteiger partial charge in [0.1, 0.15) is 0 Å². The van der Waals surface area contributed by atoms with Gasteiger partial charge in [0, 0.05) is 6.61 Å². The number of ether oxygens (including phenoxy) is 2. The minimum absolute atomic E-state index is 0.00369. The highest BCUT2D eigenvalue weighted by Crippen LogP contribution is 2.51. The van der Waals surface area contributed by atoms with Crippen molar-refractivity contribution in [1.29, 1.82) is 0 Å². The van der Waals surface area contributed by atoms with Gasteiger partial charge in [-0.25, -0.2) is 0 Å². The molecule has 0 aromatic carbocycles. The van der Waals surface area contributed by atoms with E-state index in [1.807, 2.05) is 0 Å². The highest BCUT2D eigenvalue weighted by atomic mass is 28.4. The summed E-state index contributed by atoms with van der Waals surface area (Å²) in [6, 6.07) is 1.96. The van der Waals surface area contributed by atoms with Crippen LogP contribution in [0.4, 0.5) is 0 Å². The van der Waals surface area contributed by atoms with E-state index >= 15 is 0 Å². The molecule has 0 radical (unpaired) electrons. The Bertz CT molecular complexity index is 417. The molecule has 0 unspecified atom stereocenters. The monoisotopic (exact) mass is 460 g/mol. The molecular formula is C26H56O4Si. The van der Waals surface area contributed by atoms with Crippen LogP contribution in [0.5, 0.6) is 0 Å². The Morgan fingerprint density at radius 2 is 1.16 bits per heavy atom. The molecule has 0 saturated carbocycles. The summed E-state index contributed by atoms with van der Waals surface area (Å²) in [4.78, 5) is 0. The molecule has 0 atom stereocenters. The predicted octanol–water partition coefficient (Wildman–Crippen LogP) is 8.58. The Hall–Kier alpha value is 0.0569. The molecule has 0 fully saturated rings. The largest absolute Gasteiger partial charge is 0.394 e. The van der Waals surface area contributed by atoms with Crippen molar-refractivity contribution in [3.05, 3.63) is 0 Å². The Kier molecular flexibility index (Phi) is 15.8. The fourth-order valence-electron chi connectivity index (χ4n) is 4.82. The zero-order chi connectivity index (χ0) is 24.0. The SMILES string of the molecule is CCCCO[Si](CCC)(CCC)OC(OC(C)C)(OC(C)C)C(CC)(CCC)CCC. The topological polar surface area (TPSA) is 36.9 Å². The molecule has 5 heteroatoms. The Morgan fingerprint density at radius 1 is 0.677 bits per heavy atom. The highest BCUT2D eigenvalue weighted by molar-refractivity contribution is 6.67. The number of hydrogen-bond acceptors (Lipinski definition) is 4. The smallest absolute Gasteiger partial charge is 0.342 e. The van der Waals surface area contributed by atoms with Crippen LogP contribution in [0.25, 0.3) is 0 Å². The van der Waals surface area contributed by atoms with Gasteiger partial charge in [-0.3, -0.25) is 0 Å². The average Bonchev–Trinajstić information content (AvgIpc) is 2.67. The first-order valence-corrected chi connectivity index (χ1v) is 15.6. The summed E-state index contributed by atoms with van der Waals surface area (Å²) in [6.07, 6.45) is 9.48. The van der Waals surface area contributed by atoms with Crippen molar-refractivity contribution in [2.45, 2.75) is 157 Å². The van der Waals surface area contributed by atoms with Crippen LogP contribution in [-0.2, 0) is 18.3 Å². The van der Waals surface area contributed by atoms with Gasteiger partial charge in [0.15, 0.2) is 0 Å². The minimum Gasteiger partial charge on any atom is -0.394 e. The van der Waals surface area contributed by atoms with Crippen LogP contribution in [0.3, 0.4) is 0 Å². The molecule has 0 spiro atoms. The van der Waals surface area contributed by atoms with E-state index in [2.05, 4.69) is 69.2 Å². The van der Waals surface area contributed by atoms with Crippen LogP contribution in [-0.4, -0.2) is 33.3 Å². The lowest BCUT2D eigenvalue weighted by Crippen LogP contribution is -2.62. The van der Waals surface area contributed by atoms with Crippen LogP contribution in [0.2, 0.25) is 12.1 Å². The van der Waals surface area contributed by atoms with Crippen molar-refractivity contribution in [2.24, 2.45) is 5.41 Å². The molecule has 0 N–H and O–H groups in total. The summed E-state index contributed by atoms with van der Waals surface area (Å²) >= 11 is 0. The maximum absolute atomic E-state index is 7.31. The first-order chi connectivity index (χ1) is 14.7. The molecule has 4 nitrogen and oxygen atoms in total. The second kappa shape index (κ2) is 15.8. The summed E-state index contributed by atoms with van der Waals surface area (Å²) in [5.74, 6) is -1.07. The van der Waals surface area contributed by atoms with Crippen molar-refractivity contribution >= 4 is 8.56 Å². The molecule has 0 aromatic heterocycles. The quantitative estimate of drug-likeness (QED) is 0.103. The maximum atomic E-state index is 7.31. The Balaban J connectivity index is 6.67. The molecule has 0 aromatic rings. The normalized spacial score (nSPS) is 13.5. The highest BCUT2D eigenvalue weighted by Gasteiger charge is 2.58. The first kappa shape index (κ1) is 31.1. The number of unbranched alkanes of at least 4 members (excludes halogenated alkanes) is 1. The van der Waals surface area contributed by atoms with E-state index in [1.165, 1.54) is 0 Å². The van der Waals surface area contributed by atoms with E-state index in [4.69, 9.17) is 18.3 Å². The van der Waals surface area contributed by atoms with Gasteiger partial charge in [-0.2, -0.15) is 0 Å². The molecule has 0 heterocycles. The average molecular weight is 461 g/mol. The van der Waals surface area contributed by atoms with Gasteiger partial charge in [-0.05, 0) is 65.5 Å². The molecule has 31 heavy (non-hydrogen) atoms. The summed E-state index contributed by atoms with van der Waals surface area (Å²) in [5.41, 5.74) is -0.196. The summed E-state index contributed by atoms with van der Waals surface area (Å²) in [7, 11) is -2.54. The van der Waals surface area contributed by atoms with E-state index in [0.717, 1.165) is 76.5 Å². The Morgan fingerprint density at radius 3 is 1.48 bits per heavy atom. The zero-order valence-corrected chi connectivity index (χ0v) is 23.8. The molecule has 0 aliphatic heterocycles. The molecule has 0 rings (SSSR count). The molecule has 0 bridgehead atoms. The van der Waals surface area contributed by atoms with E-state index in [1.54, 1.807) is 0 Å². The molecule has 0 aliphatic rings. The summed E-state index contributed by atoms with van der Waals surface area (Å²) in [5, 5.41) is 0. The number of hydrogen-bond donors (Lipinski definition) is 0. The third kappa shape index (κ3) is 9.44. The minimum atomic E-state index is -2.54. The van der Waals surface area contributed by atoms with Crippen molar-refractivity contribution in [2.75, 3.05) is 6.61 Å². The van der Waals surface area contributed by atoms with Gasteiger partial charge >= 0.3 is 8.56 Å². The summed E-state index contributed by atoms with van der Waals surface area (Å²) < 4.78 is 27.6. The van der Waals surface area contributed by atoms with Crippen molar-refractivity contribution in [3.8, 4) is 0 Å². The van der Waals surface area contributed by atoms with Crippen molar-refractivity contribution in [3.63, 3.8) is 0 Å². The third-order valence-corrected chi connectivity index (χ3v) is 9.90. The molecule has 0 aliphatic carbocycles. The molecule has 188 valence electrons. The van der Waals surface area contributed by atoms with Crippen LogP contribution in [0.1, 0.15) is 127 Å². The predicted molar refractivity (Wildman–Crippen MR) is 136 cm³/mol. The Labute approximate surface area is 196 Å². The lowest BCUT2D eigenvalue weighted by Gasteiger charge is -2.53. The van der Waals surface area contributed by atoms with Crippen LogP contribution < -0.4 is 0 Å². The lowest BCUT2D eigenvalue weighted by molar-refractivity contribution is -0.428. The van der Waals surface area contributed by atoms with E-state index in [-0.39, 0.29) is 17.6 Å². The third-order valence-electron chi connectivity index (χ3n) is 6.01. The summed E-state index contributed by atoms with van der Waals surface area (Å²) in [6.45, 7) is 22.6. The second-order valence-corrected chi connectivity index (χ2v) is 13.1. The molecule has 0 amide bonds. The zero-order valence-electron chi connectivity index (χ0n) is 22.8. The fourth-order valence-corrected chi connectivity index (χ4v) is 8.47. The lowest BCUT2D eigenvalue weighted by atomic mass is 9.74. The van der Waals surface area contributed by atoms with Crippen molar-refractivity contribution in [1.82, 2.24) is 0 Å². The molecule has 0 saturated heterocycles. The van der Waals surface area contributed by atoms with Crippen LogP contribution in [0.15, 0.2) is 0 Å². The number of rotatable bonds is 20. The van der Waals surface area contributed by atoms with Gasteiger partial charge < -0.3 is 18.3 Å². The first-order valence-electron chi connectivity index (χ1n) is 13.4. The van der Waals surface area contributed by atoms with Gasteiger partial charge in [0.05, 0.1) is 17.6 Å². The molecular weight excluding hydrogens is 404 g/mol. The maximum Gasteiger partial charge on any atom is 0.342 e. The second-order valence-electron chi connectivity index (χ2n) is 9.74. The van der Waals surface area contributed by atoms with E-state index in [0.29, 0.717) is 0 Å². The van der Waals surface area contributed by atoms with Crippen LogP contribution >= 0.6 is 0 Å². The standard InChI is InChI=1S/C26H56O4Si/c1-11-17-20-27-31(21-14-4,22-15-5)30-26(28-23(7)8,29-24(9)10)25(16-6,18-12-2)19-13-3/h23-24H,11-22H2,1-10H3. The van der Waals surface area contributed by atoms with Gasteiger partial charge in [0.25, 0.3) is 5.97 Å². The van der Waals surface area contributed by atoms with Gasteiger partial charge in [-0.15, -0.1) is 0 Å². The van der Waals surface area contributed by atoms with Crippen LogP contribution in [0, 0.1) is 5.41 Å². The van der Waals surface area contributed by atoms with E-state index in [9.17, 15) is 0 Å². The van der Waals surface area contributed by atoms with Gasteiger partial charge in [0.2, 0.25) is 0 Å². The van der Waals surface area contributed by atoms with E-state index < -0.39 is 14.5 Å². The van der Waals surface area contributed by atoms with Gasteiger partial charge in [-0.1, -0.05) is 73.6 Å². The fraction of sp³-hybridized carbons (Fsp3) is 1.00.